The summed E-state index contributed by atoms with van der Waals surface area (Å²) in [6.45, 7) is 9.46. The van der Waals surface area contributed by atoms with Gasteiger partial charge in [-0.05, 0) is 18.6 Å². The lowest BCUT2D eigenvalue weighted by molar-refractivity contribution is 0.473. The minimum atomic E-state index is 0.255. The first-order valence-corrected chi connectivity index (χ1v) is 3.76. The van der Waals surface area contributed by atoms with Gasteiger partial charge in [0, 0.05) is 5.56 Å². The van der Waals surface area contributed by atoms with E-state index in [2.05, 4.69) is 13.2 Å². The average molecular weight is 160 g/mol. The Morgan fingerprint density at radius 2 is 1.83 bits per heavy atom. The van der Waals surface area contributed by atoms with E-state index in [1.807, 2.05) is 19.1 Å². The van der Waals surface area contributed by atoms with E-state index in [9.17, 15) is 5.11 Å². The van der Waals surface area contributed by atoms with Crippen LogP contribution in [0.2, 0.25) is 0 Å². The van der Waals surface area contributed by atoms with Crippen LogP contribution < -0.4 is 0 Å². The summed E-state index contributed by atoms with van der Waals surface area (Å²) in [5.74, 6) is 0.255. The first-order chi connectivity index (χ1) is 5.63. The molecule has 0 heterocycles. The average Bonchev–Trinajstić information content (AvgIpc) is 2.04. The minimum Gasteiger partial charge on any atom is -0.507 e. The molecule has 1 aromatic rings. The second-order valence-corrected chi connectivity index (χ2v) is 2.78. The SMILES string of the molecule is C=C(C)C(=C)c1ccccc1O. The molecule has 0 amide bonds. The predicted octanol–water partition coefficient (Wildman–Crippen LogP) is 2.98. The highest BCUT2D eigenvalue weighted by molar-refractivity contribution is 5.79. The van der Waals surface area contributed by atoms with Crippen molar-refractivity contribution in [2.24, 2.45) is 0 Å². The van der Waals surface area contributed by atoms with Crippen LogP contribution in [0.1, 0.15) is 12.5 Å². The fourth-order valence-electron chi connectivity index (χ4n) is 0.959. The van der Waals surface area contributed by atoms with Crippen molar-refractivity contribution in [1.29, 1.82) is 0 Å². The van der Waals surface area contributed by atoms with E-state index in [0.717, 1.165) is 16.7 Å². The van der Waals surface area contributed by atoms with Gasteiger partial charge in [-0.25, -0.2) is 0 Å². The number of benzene rings is 1. The number of rotatable bonds is 2. The molecule has 1 N–H and O–H groups in total. The third-order valence-electron chi connectivity index (χ3n) is 1.74. The first kappa shape index (κ1) is 8.60. The Balaban J connectivity index is 3.11. The summed E-state index contributed by atoms with van der Waals surface area (Å²) < 4.78 is 0. The van der Waals surface area contributed by atoms with Crippen LogP contribution in [0.25, 0.3) is 5.57 Å². The minimum absolute atomic E-state index is 0.255. The highest BCUT2D eigenvalue weighted by atomic mass is 16.3. The van der Waals surface area contributed by atoms with E-state index >= 15 is 0 Å². The zero-order valence-corrected chi connectivity index (χ0v) is 7.17. The molecular formula is C11H12O. The molecule has 0 aromatic heterocycles. The van der Waals surface area contributed by atoms with Crippen LogP contribution in [0.4, 0.5) is 0 Å². The summed E-state index contributed by atoms with van der Waals surface area (Å²) in [6, 6.07) is 7.11. The molecule has 62 valence electrons. The van der Waals surface area contributed by atoms with Gasteiger partial charge in [-0.3, -0.25) is 0 Å². The van der Waals surface area contributed by atoms with Crippen LogP contribution in [0.5, 0.6) is 5.75 Å². The van der Waals surface area contributed by atoms with Gasteiger partial charge in [0.2, 0.25) is 0 Å². The van der Waals surface area contributed by atoms with Crippen LogP contribution in [0.3, 0.4) is 0 Å². The highest BCUT2D eigenvalue weighted by Gasteiger charge is 2.03. The van der Waals surface area contributed by atoms with E-state index in [0.29, 0.717) is 0 Å². The molecule has 0 saturated heterocycles. The number of hydrogen-bond acceptors (Lipinski definition) is 1. The van der Waals surface area contributed by atoms with Crippen molar-refractivity contribution in [2.45, 2.75) is 6.92 Å². The topological polar surface area (TPSA) is 20.2 Å². The number of para-hydroxylation sites is 1. The van der Waals surface area contributed by atoms with Crippen LogP contribution in [-0.2, 0) is 0 Å². The largest absolute Gasteiger partial charge is 0.507 e. The number of phenols is 1. The smallest absolute Gasteiger partial charge is 0.123 e. The van der Waals surface area contributed by atoms with Gasteiger partial charge in [0.25, 0.3) is 0 Å². The summed E-state index contributed by atoms with van der Waals surface area (Å²) in [5.41, 5.74) is 2.41. The molecule has 0 saturated carbocycles. The molecular weight excluding hydrogens is 148 g/mol. The fourth-order valence-corrected chi connectivity index (χ4v) is 0.959. The molecule has 0 bridgehead atoms. The van der Waals surface area contributed by atoms with Crippen molar-refractivity contribution < 1.29 is 5.11 Å². The normalized spacial score (nSPS) is 9.42. The summed E-state index contributed by atoms with van der Waals surface area (Å²) in [7, 11) is 0. The molecule has 1 rings (SSSR count). The van der Waals surface area contributed by atoms with Crippen LogP contribution in [0, 0.1) is 0 Å². The molecule has 1 nitrogen and oxygen atoms in total. The molecule has 0 spiro atoms. The molecule has 0 radical (unpaired) electrons. The Labute approximate surface area is 72.7 Å². The van der Waals surface area contributed by atoms with Gasteiger partial charge in [-0.15, -0.1) is 0 Å². The second-order valence-electron chi connectivity index (χ2n) is 2.78. The highest BCUT2D eigenvalue weighted by Crippen LogP contribution is 2.27. The summed E-state index contributed by atoms with van der Waals surface area (Å²) in [6.07, 6.45) is 0. The van der Waals surface area contributed by atoms with Crippen molar-refractivity contribution in [3.05, 3.63) is 48.6 Å². The van der Waals surface area contributed by atoms with Gasteiger partial charge in [0.05, 0.1) is 0 Å². The lowest BCUT2D eigenvalue weighted by Crippen LogP contribution is -1.83. The quantitative estimate of drug-likeness (QED) is 0.659. The van der Waals surface area contributed by atoms with Crippen molar-refractivity contribution in [3.63, 3.8) is 0 Å². The molecule has 0 unspecified atom stereocenters. The Kier molecular flexibility index (Phi) is 2.34. The van der Waals surface area contributed by atoms with Gasteiger partial charge in [0.15, 0.2) is 0 Å². The number of aromatic hydroxyl groups is 1. The molecule has 0 aliphatic heterocycles. The standard InChI is InChI=1S/C11H12O/c1-8(2)9(3)10-6-4-5-7-11(10)12/h4-7,12H,1,3H2,2H3. The zero-order chi connectivity index (χ0) is 9.14. The number of allylic oxidation sites excluding steroid dienone is 2. The zero-order valence-electron chi connectivity index (χ0n) is 7.17. The van der Waals surface area contributed by atoms with E-state index < -0.39 is 0 Å². The van der Waals surface area contributed by atoms with Crippen molar-refractivity contribution >= 4 is 5.57 Å². The van der Waals surface area contributed by atoms with E-state index in [4.69, 9.17) is 0 Å². The molecule has 0 aliphatic rings. The molecule has 0 aliphatic carbocycles. The summed E-state index contributed by atoms with van der Waals surface area (Å²) >= 11 is 0. The van der Waals surface area contributed by atoms with E-state index in [-0.39, 0.29) is 5.75 Å². The van der Waals surface area contributed by atoms with Crippen LogP contribution in [0.15, 0.2) is 43.0 Å². The van der Waals surface area contributed by atoms with Gasteiger partial charge in [-0.2, -0.15) is 0 Å². The Bertz CT molecular complexity index is 324. The second kappa shape index (κ2) is 3.26. The third kappa shape index (κ3) is 1.56. The lowest BCUT2D eigenvalue weighted by atomic mass is 10.0. The molecule has 1 heteroatoms. The predicted molar refractivity (Wildman–Crippen MR) is 52.0 cm³/mol. The Hall–Kier alpha value is -1.50. The van der Waals surface area contributed by atoms with Gasteiger partial charge >= 0.3 is 0 Å². The third-order valence-corrected chi connectivity index (χ3v) is 1.74. The Morgan fingerprint density at radius 3 is 2.33 bits per heavy atom. The Morgan fingerprint density at radius 1 is 1.25 bits per heavy atom. The van der Waals surface area contributed by atoms with Gasteiger partial charge in [-0.1, -0.05) is 36.9 Å². The van der Waals surface area contributed by atoms with Crippen LogP contribution >= 0.6 is 0 Å². The monoisotopic (exact) mass is 160 g/mol. The molecule has 0 fully saturated rings. The number of hydrogen-bond donors (Lipinski definition) is 1. The van der Waals surface area contributed by atoms with E-state index in [1.165, 1.54) is 0 Å². The maximum absolute atomic E-state index is 9.43. The van der Waals surface area contributed by atoms with Crippen molar-refractivity contribution in [2.75, 3.05) is 0 Å². The van der Waals surface area contributed by atoms with Crippen molar-refractivity contribution in [1.82, 2.24) is 0 Å². The van der Waals surface area contributed by atoms with Gasteiger partial charge in [0.1, 0.15) is 5.75 Å². The van der Waals surface area contributed by atoms with Crippen LogP contribution in [-0.4, -0.2) is 5.11 Å². The van der Waals surface area contributed by atoms with Crippen molar-refractivity contribution in [3.8, 4) is 5.75 Å². The first-order valence-electron chi connectivity index (χ1n) is 3.76. The summed E-state index contributed by atoms with van der Waals surface area (Å²) in [4.78, 5) is 0. The lowest BCUT2D eigenvalue weighted by Gasteiger charge is -2.06. The summed E-state index contributed by atoms with van der Waals surface area (Å²) in [5, 5.41) is 9.43. The molecule has 12 heavy (non-hydrogen) atoms. The van der Waals surface area contributed by atoms with Gasteiger partial charge < -0.3 is 5.11 Å². The maximum atomic E-state index is 9.43. The maximum Gasteiger partial charge on any atom is 0.123 e. The molecule has 1 aromatic carbocycles. The molecule has 0 atom stereocenters. The fraction of sp³-hybridized carbons (Fsp3) is 0.0909. The van der Waals surface area contributed by atoms with E-state index in [1.54, 1.807) is 12.1 Å². The number of phenolic OH excluding ortho intramolecular Hbond substituents is 1.